The van der Waals surface area contributed by atoms with Gasteiger partial charge in [0, 0.05) is 19.6 Å². The highest BCUT2D eigenvalue weighted by molar-refractivity contribution is 5.73. The lowest BCUT2D eigenvalue weighted by Gasteiger charge is -2.20. The van der Waals surface area contributed by atoms with E-state index in [1.54, 1.807) is 0 Å². The standard InChI is InChI=1S/C10H20N2O3/c1-2-3-5-11-9(13)12-7-10(14)4-6-15-8-10/h14H,2-8H2,1H3,(H2,11,12,13). The van der Waals surface area contributed by atoms with E-state index < -0.39 is 5.60 Å². The van der Waals surface area contributed by atoms with E-state index in [-0.39, 0.29) is 12.6 Å². The molecule has 1 saturated heterocycles. The maximum Gasteiger partial charge on any atom is 0.314 e. The molecule has 0 aromatic rings. The van der Waals surface area contributed by atoms with Crippen LogP contribution in [0.5, 0.6) is 0 Å². The molecule has 1 aliphatic heterocycles. The van der Waals surface area contributed by atoms with Crippen LogP contribution in [0.15, 0.2) is 0 Å². The van der Waals surface area contributed by atoms with Crippen LogP contribution in [-0.2, 0) is 4.74 Å². The van der Waals surface area contributed by atoms with Crippen molar-refractivity contribution in [3.8, 4) is 0 Å². The number of unbranched alkanes of at least 4 members (excludes halogenated alkanes) is 1. The first-order valence-electron chi connectivity index (χ1n) is 5.48. The molecule has 0 aromatic carbocycles. The van der Waals surface area contributed by atoms with Crippen LogP contribution in [-0.4, -0.2) is 43.0 Å². The number of carbonyl (C=O) groups excluding carboxylic acids is 1. The molecule has 0 radical (unpaired) electrons. The number of hydrogen-bond acceptors (Lipinski definition) is 3. The van der Waals surface area contributed by atoms with E-state index in [9.17, 15) is 9.90 Å². The lowest BCUT2D eigenvalue weighted by molar-refractivity contribution is 0.0292. The number of aliphatic hydroxyl groups is 1. The summed E-state index contributed by atoms with van der Waals surface area (Å²) < 4.78 is 5.07. The van der Waals surface area contributed by atoms with E-state index in [4.69, 9.17) is 4.74 Å². The van der Waals surface area contributed by atoms with Crippen LogP contribution in [0, 0.1) is 0 Å². The number of ether oxygens (including phenoxy) is 1. The van der Waals surface area contributed by atoms with Gasteiger partial charge in [0.25, 0.3) is 0 Å². The third kappa shape index (κ3) is 4.48. The molecule has 1 fully saturated rings. The van der Waals surface area contributed by atoms with Gasteiger partial charge >= 0.3 is 6.03 Å². The van der Waals surface area contributed by atoms with Gasteiger partial charge in [-0.3, -0.25) is 0 Å². The van der Waals surface area contributed by atoms with Gasteiger partial charge in [-0.05, 0) is 6.42 Å². The molecule has 0 spiro atoms. The summed E-state index contributed by atoms with van der Waals surface area (Å²) in [4.78, 5) is 11.2. The van der Waals surface area contributed by atoms with Gasteiger partial charge in [-0.15, -0.1) is 0 Å². The minimum Gasteiger partial charge on any atom is -0.386 e. The largest absolute Gasteiger partial charge is 0.386 e. The average molecular weight is 216 g/mol. The van der Waals surface area contributed by atoms with Gasteiger partial charge in [-0.25, -0.2) is 4.79 Å². The molecule has 1 atom stereocenters. The Hall–Kier alpha value is -0.810. The van der Waals surface area contributed by atoms with Crippen LogP contribution in [0.4, 0.5) is 4.79 Å². The number of amides is 2. The quantitative estimate of drug-likeness (QED) is 0.576. The molecule has 1 aliphatic rings. The third-order valence-electron chi connectivity index (χ3n) is 2.48. The summed E-state index contributed by atoms with van der Waals surface area (Å²) in [6, 6.07) is -0.219. The Morgan fingerprint density at radius 3 is 2.93 bits per heavy atom. The zero-order valence-corrected chi connectivity index (χ0v) is 9.21. The second-order valence-corrected chi connectivity index (χ2v) is 3.99. The molecule has 1 heterocycles. The van der Waals surface area contributed by atoms with Crippen molar-refractivity contribution in [1.29, 1.82) is 0 Å². The van der Waals surface area contributed by atoms with Gasteiger partial charge in [0.1, 0.15) is 5.60 Å². The molecule has 2 amide bonds. The summed E-state index contributed by atoms with van der Waals surface area (Å²) in [5.74, 6) is 0. The molecule has 1 rings (SSSR count). The Kier molecular flexibility index (Phi) is 4.84. The highest BCUT2D eigenvalue weighted by Gasteiger charge is 2.32. The summed E-state index contributed by atoms with van der Waals surface area (Å²) >= 11 is 0. The Morgan fingerprint density at radius 2 is 2.33 bits per heavy atom. The fourth-order valence-electron chi connectivity index (χ4n) is 1.42. The minimum atomic E-state index is -0.873. The molecule has 0 saturated carbocycles. The normalized spacial score (nSPS) is 25.2. The van der Waals surface area contributed by atoms with Gasteiger partial charge in [-0.1, -0.05) is 13.3 Å². The van der Waals surface area contributed by atoms with Crippen molar-refractivity contribution < 1.29 is 14.6 Å². The second-order valence-electron chi connectivity index (χ2n) is 3.99. The Morgan fingerprint density at radius 1 is 1.53 bits per heavy atom. The molecule has 15 heavy (non-hydrogen) atoms. The first-order valence-corrected chi connectivity index (χ1v) is 5.48. The van der Waals surface area contributed by atoms with E-state index >= 15 is 0 Å². The maximum absolute atomic E-state index is 11.2. The molecule has 1 unspecified atom stereocenters. The van der Waals surface area contributed by atoms with Crippen molar-refractivity contribution in [2.24, 2.45) is 0 Å². The van der Waals surface area contributed by atoms with Crippen LogP contribution in [0.3, 0.4) is 0 Å². The van der Waals surface area contributed by atoms with Crippen molar-refractivity contribution in [1.82, 2.24) is 10.6 Å². The van der Waals surface area contributed by atoms with Gasteiger partial charge in [0.05, 0.1) is 13.2 Å². The zero-order chi connectivity index (χ0) is 11.1. The molecule has 0 aliphatic carbocycles. The Balaban J connectivity index is 2.10. The zero-order valence-electron chi connectivity index (χ0n) is 9.21. The molecule has 5 nitrogen and oxygen atoms in total. The van der Waals surface area contributed by atoms with Crippen molar-refractivity contribution in [2.75, 3.05) is 26.3 Å². The highest BCUT2D eigenvalue weighted by atomic mass is 16.5. The van der Waals surface area contributed by atoms with E-state index in [2.05, 4.69) is 17.6 Å². The van der Waals surface area contributed by atoms with Crippen LogP contribution < -0.4 is 10.6 Å². The Bertz CT molecular complexity index is 203. The van der Waals surface area contributed by atoms with Crippen LogP contribution in [0.1, 0.15) is 26.2 Å². The molecule has 0 bridgehead atoms. The highest BCUT2D eigenvalue weighted by Crippen LogP contribution is 2.16. The van der Waals surface area contributed by atoms with E-state index in [0.717, 1.165) is 12.8 Å². The summed E-state index contributed by atoms with van der Waals surface area (Å²) in [7, 11) is 0. The topological polar surface area (TPSA) is 70.6 Å². The SMILES string of the molecule is CCCCNC(=O)NCC1(O)CCOC1. The monoisotopic (exact) mass is 216 g/mol. The summed E-state index contributed by atoms with van der Waals surface area (Å²) in [5, 5.41) is 15.2. The van der Waals surface area contributed by atoms with Gasteiger partial charge in [0.2, 0.25) is 0 Å². The minimum absolute atomic E-state index is 0.219. The van der Waals surface area contributed by atoms with E-state index in [0.29, 0.717) is 26.2 Å². The molecular formula is C10H20N2O3. The Labute approximate surface area is 90.2 Å². The molecular weight excluding hydrogens is 196 g/mol. The van der Waals surface area contributed by atoms with Gasteiger partial charge in [-0.2, -0.15) is 0 Å². The number of carbonyl (C=O) groups is 1. The maximum atomic E-state index is 11.2. The average Bonchev–Trinajstić information content (AvgIpc) is 2.64. The van der Waals surface area contributed by atoms with E-state index in [1.165, 1.54) is 0 Å². The van der Waals surface area contributed by atoms with Crippen LogP contribution in [0.2, 0.25) is 0 Å². The smallest absolute Gasteiger partial charge is 0.314 e. The molecule has 5 heteroatoms. The summed E-state index contributed by atoms with van der Waals surface area (Å²) in [5.41, 5.74) is -0.873. The van der Waals surface area contributed by atoms with Gasteiger partial charge < -0.3 is 20.5 Å². The van der Waals surface area contributed by atoms with E-state index in [1.807, 2.05) is 0 Å². The number of rotatable bonds is 5. The number of nitrogens with one attached hydrogen (secondary N) is 2. The second kappa shape index (κ2) is 5.92. The third-order valence-corrected chi connectivity index (χ3v) is 2.48. The fourth-order valence-corrected chi connectivity index (χ4v) is 1.42. The van der Waals surface area contributed by atoms with Crippen molar-refractivity contribution in [2.45, 2.75) is 31.8 Å². The fraction of sp³-hybridized carbons (Fsp3) is 0.900. The molecule has 3 N–H and O–H groups in total. The molecule has 0 aromatic heterocycles. The lowest BCUT2D eigenvalue weighted by atomic mass is 10.0. The number of urea groups is 1. The predicted molar refractivity (Wildman–Crippen MR) is 56.7 cm³/mol. The lowest BCUT2D eigenvalue weighted by Crippen LogP contribution is -2.46. The van der Waals surface area contributed by atoms with Crippen molar-refractivity contribution in [3.05, 3.63) is 0 Å². The van der Waals surface area contributed by atoms with Crippen molar-refractivity contribution in [3.63, 3.8) is 0 Å². The summed E-state index contributed by atoms with van der Waals surface area (Å²) in [6.45, 7) is 3.87. The van der Waals surface area contributed by atoms with Crippen molar-refractivity contribution >= 4 is 6.03 Å². The molecule has 88 valence electrons. The van der Waals surface area contributed by atoms with Crippen LogP contribution in [0.25, 0.3) is 0 Å². The van der Waals surface area contributed by atoms with Gasteiger partial charge in [0.15, 0.2) is 0 Å². The summed E-state index contributed by atoms with van der Waals surface area (Å²) in [6.07, 6.45) is 2.61. The first-order chi connectivity index (χ1) is 7.16. The first kappa shape index (κ1) is 12.3. The number of hydrogen-bond donors (Lipinski definition) is 3. The predicted octanol–water partition coefficient (Wildman–Crippen LogP) is 0.237. The van der Waals surface area contributed by atoms with Crippen LogP contribution >= 0.6 is 0 Å².